The minimum absolute atomic E-state index is 0.145. The van der Waals surface area contributed by atoms with Gasteiger partial charge < -0.3 is 33.1 Å². The summed E-state index contributed by atoms with van der Waals surface area (Å²) in [6.45, 7) is 11.0. The molecule has 2 aliphatic rings. The van der Waals surface area contributed by atoms with Crippen LogP contribution in [0.5, 0.6) is 0 Å². The molecule has 0 amide bonds. The summed E-state index contributed by atoms with van der Waals surface area (Å²) in [7, 11) is -3.77. The van der Waals surface area contributed by atoms with E-state index in [9.17, 15) is 9.67 Å². The molecule has 2 fully saturated rings. The van der Waals surface area contributed by atoms with E-state index in [0.717, 1.165) is 0 Å². The molecular weight excluding hydrogens is 339 g/mol. The Kier molecular flexibility index (Phi) is 6.15. The number of hydrogen-bond donors (Lipinski definition) is 1. The van der Waals surface area contributed by atoms with Gasteiger partial charge in [-0.25, -0.2) is 0 Å². The number of aliphatic hydroxyl groups excluding tert-OH is 1. The zero-order valence-corrected chi connectivity index (χ0v) is 16.1. The average Bonchev–Trinajstić information content (AvgIpc) is 2.97. The summed E-state index contributed by atoms with van der Waals surface area (Å²) in [5.74, 6) is -3.20. The summed E-state index contributed by atoms with van der Waals surface area (Å²) in [6, 6.07) is 0. The normalized spacial score (nSPS) is 33.7. The SMILES string of the molecule is CCOP(=O)(OCC)C(O)[C@@H]1OC(C)(C)O[C@H]1[C@@H]1COC(C)(C)O1. The molecule has 142 valence electrons. The van der Waals surface area contributed by atoms with Gasteiger partial charge in [0.15, 0.2) is 17.4 Å². The second-order valence-corrected chi connectivity index (χ2v) is 8.85. The van der Waals surface area contributed by atoms with Crippen molar-refractivity contribution in [1.82, 2.24) is 0 Å². The van der Waals surface area contributed by atoms with Gasteiger partial charge in [0.1, 0.15) is 18.3 Å². The van der Waals surface area contributed by atoms with Gasteiger partial charge in [-0.05, 0) is 41.5 Å². The molecule has 0 aromatic rings. The van der Waals surface area contributed by atoms with Crippen molar-refractivity contribution in [3.05, 3.63) is 0 Å². The van der Waals surface area contributed by atoms with Gasteiger partial charge in [-0.2, -0.15) is 0 Å². The Morgan fingerprint density at radius 3 is 2.12 bits per heavy atom. The summed E-state index contributed by atoms with van der Waals surface area (Å²) in [6.07, 6.45) is -2.05. The molecule has 24 heavy (non-hydrogen) atoms. The monoisotopic (exact) mass is 368 g/mol. The van der Waals surface area contributed by atoms with Crippen LogP contribution in [0.15, 0.2) is 0 Å². The predicted molar refractivity (Wildman–Crippen MR) is 85.6 cm³/mol. The van der Waals surface area contributed by atoms with Crippen molar-refractivity contribution in [2.24, 2.45) is 0 Å². The second kappa shape index (κ2) is 7.29. The summed E-state index contributed by atoms with van der Waals surface area (Å²) in [5.41, 5.74) is 0. The minimum atomic E-state index is -3.77. The molecule has 0 aromatic heterocycles. The maximum atomic E-state index is 12.9. The maximum absolute atomic E-state index is 12.9. The zero-order valence-electron chi connectivity index (χ0n) is 15.2. The fraction of sp³-hybridized carbons (Fsp3) is 1.00. The summed E-state index contributed by atoms with van der Waals surface area (Å²) in [4.78, 5) is 0. The van der Waals surface area contributed by atoms with Gasteiger partial charge in [0.05, 0.1) is 19.8 Å². The van der Waals surface area contributed by atoms with E-state index in [1.807, 2.05) is 0 Å². The van der Waals surface area contributed by atoms with Crippen molar-refractivity contribution < 1.29 is 37.7 Å². The van der Waals surface area contributed by atoms with E-state index in [2.05, 4.69) is 0 Å². The van der Waals surface area contributed by atoms with Crippen molar-refractivity contribution in [3.63, 3.8) is 0 Å². The largest absolute Gasteiger partial charge is 0.378 e. The molecule has 2 rings (SSSR count). The molecule has 4 atom stereocenters. The van der Waals surface area contributed by atoms with Crippen LogP contribution in [0.4, 0.5) is 0 Å². The van der Waals surface area contributed by atoms with E-state index < -0.39 is 43.3 Å². The van der Waals surface area contributed by atoms with Gasteiger partial charge in [-0.3, -0.25) is 4.57 Å². The van der Waals surface area contributed by atoms with E-state index in [-0.39, 0.29) is 19.8 Å². The van der Waals surface area contributed by atoms with Gasteiger partial charge in [0, 0.05) is 0 Å². The highest BCUT2D eigenvalue weighted by Crippen LogP contribution is 2.56. The third-order valence-corrected chi connectivity index (χ3v) is 5.97. The van der Waals surface area contributed by atoms with E-state index >= 15 is 0 Å². The second-order valence-electron chi connectivity index (χ2n) is 6.72. The van der Waals surface area contributed by atoms with Crippen LogP contribution in [0.3, 0.4) is 0 Å². The molecule has 0 bridgehead atoms. The van der Waals surface area contributed by atoms with Crippen LogP contribution in [-0.4, -0.2) is 60.7 Å². The lowest BCUT2D eigenvalue weighted by atomic mass is 10.1. The van der Waals surface area contributed by atoms with Crippen molar-refractivity contribution in [2.45, 2.75) is 77.3 Å². The van der Waals surface area contributed by atoms with E-state index in [4.69, 9.17) is 28.0 Å². The summed E-state index contributed by atoms with van der Waals surface area (Å²) in [5, 5.41) is 10.7. The Morgan fingerprint density at radius 1 is 1.08 bits per heavy atom. The van der Waals surface area contributed by atoms with Gasteiger partial charge >= 0.3 is 7.60 Å². The fourth-order valence-corrected chi connectivity index (χ4v) is 4.63. The molecule has 1 unspecified atom stereocenters. The molecular formula is C15H29O8P. The molecule has 9 heteroatoms. The van der Waals surface area contributed by atoms with Crippen molar-refractivity contribution >= 4 is 7.60 Å². The van der Waals surface area contributed by atoms with Crippen LogP contribution < -0.4 is 0 Å². The van der Waals surface area contributed by atoms with Gasteiger partial charge in [0.25, 0.3) is 0 Å². The highest BCUT2D eigenvalue weighted by atomic mass is 31.2. The van der Waals surface area contributed by atoms with Crippen LogP contribution in [0.1, 0.15) is 41.5 Å². The third-order valence-electron chi connectivity index (χ3n) is 3.80. The Hall–Kier alpha value is -0.0500. The Labute approximate surface area is 143 Å². The first-order valence-corrected chi connectivity index (χ1v) is 9.89. The van der Waals surface area contributed by atoms with Crippen LogP contribution in [0.25, 0.3) is 0 Å². The fourth-order valence-electron chi connectivity index (χ4n) is 2.94. The average molecular weight is 368 g/mol. The summed E-state index contributed by atoms with van der Waals surface area (Å²) >= 11 is 0. The van der Waals surface area contributed by atoms with Gasteiger partial charge in [-0.1, -0.05) is 0 Å². The molecule has 1 N–H and O–H groups in total. The highest BCUT2D eigenvalue weighted by molar-refractivity contribution is 7.54. The minimum Gasteiger partial charge on any atom is -0.378 e. The molecule has 2 heterocycles. The lowest BCUT2D eigenvalue weighted by Crippen LogP contribution is -2.44. The zero-order chi connectivity index (χ0) is 18.2. The highest BCUT2D eigenvalue weighted by Gasteiger charge is 2.56. The quantitative estimate of drug-likeness (QED) is 0.684. The first kappa shape index (κ1) is 20.3. The standard InChI is InChI=1S/C15H29O8P/c1-7-19-24(17,20-8-2)13(16)12-11(22-15(5,6)23-12)10-9-18-14(3,4)21-10/h10-13,16H,7-9H2,1-6H3/t10-,11-,12+,13?/m0/s1. The number of ether oxygens (including phenoxy) is 4. The Bertz CT molecular complexity index is 470. The maximum Gasteiger partial charge on any atom is 0.361 e. The number of rotatable bonds is 7. The van der Waals surface area contributed by atoms with E-state index in [0.29, 0.717) is 0 Å². The van der Waals surface area contributed by atoms with E-state index in [1.165, 1.54) is 0 Å². The lowest BCUT2D eigenvalue weighted by molar-refractivity contribution is -0.175. The third kappa shape index (κ3) is 4.37. The van der Waals surface area contributed by atoms with Crippen LogP contribution in [-0.2, 0) is 32.6 Å². The molecule has 0 radical (unpaired) electrons. The molecule has 0 saturated carbocycles. The Balaban J connectivity index is 2.22. The lowest BCUT2D eigenvalue weighted by Gasteiger charge is -2.30. The molecule has 2 aliphatic heterocycles. The molecule has 8 nitrogen and oxygen atoms in total. The molecule has 2 saturated heterocycles. The number of hydrogen-bond acceptors (Lipinski definition) is 8. The molecule has 0 spiro atoms. The molecule has 0 aromatic carbocycles. The number of aliphatic hydroxyl groups is 1. The topological polar surface area (TPSA) is 92.7 Å². The van der Waals surface area contributed by atoms with E-state index in [1.54, 1.807) is 41.5 Å². The summed E-state index contributed by atoms with van der Waals surface area (Å²) < 4.78 is 46.5. The smallest absolute Gasteiger partial charge is 0.361 e. The van der Waals surface area contributed by atoms with Gasteiger partial charge in [-0.15, -0.1) is 0 Å². The van der Waals surface area contributed by atoms with Crippen LogP contribution >= 0.6 is 7.60 Å². The first-order valence-electron chi connectivity index (χ1n) is 8.28. The molecule has 0 aliphatic carbocycles. The van der Waals surface area contributed by atoms with Crippen molar-refractivity contribution in [3.8, 4) is 0 Å². The van der Waals surface area contributed by atoms with Crippen LogP contribution in [0, 0.1) is 0 Å². The van der Waals surface area contributed by atoms with Gasteiger partial charge in [0.2, 0.25) is 0 Å². The predicted octanol–water partition coefficient (Wildman–Crippen LogP) is 2.24. The first-order chi connectivity index (χ1) is 11.0. The Morgan fingerprint density at radius 2 is 1.67 bits per heavy atom. The van der Waals surface area contributed by atoms with Crippen molar-refractivity contribution in [2.75, 3.05) is 19.8 Å². The van der Waals surface area contributed by atoms with Crippen molar-refractivity contribution in [1.29, 1.82) is 0 Å². The van der Waals surface area contributed by atoms with Crippen LogP contribution in [0.2, 0.25) is 0 Å².